The zero-order chi connectivity index (χ0) is 18.6. The van der Waals surface area contributed by atoms with Crippen LogP contribution in [0.5, 0.6) is 0 Å². The number of carbonyl (C=O) groups is 1. The molecule has 1 saturated heterocycles. The predicted molar refractivity (Wildman–Crippen MR) is 99.6 cm³/mol. The van der Waals surface area contributed by atoms with E-state index in [9.17, 15) is 13.2 Å². The van der Waals surface area contributed by atoms with Crippen LogP contribution in [0.25, 0.3) is 0 Å². The highest BCUT2D eigenvalue weighted by Crippen LogP contribution is 2.40. The van der Waals surface area contributed by atoms with Crippen LogP contribution in [-0.2, 0) is 14.8 Å². The van der Waals surface area contributed by atoms with Gasteiger partial charge >= 0.3 is 6.03 Å². The Morgan fingerprint density at radius 2 is 1.92 bits per heavy atom. The summed E-state index contributed by atoms with van der Waals surface area (Å²) >= 11 is 0. The highest BCUT2D eigenvalue weighted by atomic mass is 32.2. The first-order chi connectivity index (χ1) is 12.4. The molecule has 1 aromatic carbocycles. The Balaban J connectivity index is 1.52. The fraction of sp³-hybridized carbons (Fsp3) is 0.611. The van der Waals surface area contributed by atoms with Crippen molar-refractivity contribution < 1.29 is 17.9 Å². The van der Waals surface area contributed by atoms with Gasteiger partial charge in [0.2, 0.25) is 10.0 Å². The summed E-state index contributed by atoms with van der Waals surface area (Å²) in [5.74, 6) is 0. The summed E-state index contributed by atoms with van der Waals surface area (Å²) in [6.45, 7) is 2.85. The van der Waals surface area contributed by atoms with Gasteiger partial charge in [0.25, 0.3) is 0 Å². The lowest BCUT2D eigenvalue weighted by Gasteiger charge is -2.21. The molecule has 8 heteroatoms. The van der Waals surface area contributed by atoms with E-state index in [1.54, 1.807) is 12.1 Å². The van der Waals surface area contributed by atoms with Gasteiger partial charge in [-0.3, -0.25) is 0 Å². The molecule has 7 nitrogen and oxygen atoms in total. The Morgan fingerprint density at radius 3 is 2.58 bits per heavy atom. The molecule has 2 aliphatic rings. The lowest BCUT2D eigenvalue weighted by atomic mass is 9.96. The van der Waals surface area contributed by atoms with Crippen molar-refractivity contribution in [3.05, 3.63) is 24.3 Å². The second-order valence-electron chi connectivity index (χ2n) is 7.12. The van der Waals surface area contributed by atoms with Crippen LogP contribution in [-0.4, -0.2) is 39.2 Å². The maximum Gasteiger partial charge on any atom is 0.319 e. The van der Waals surface area contributed by atoms with Crippen molar-refractivity contribution in [3.63, 3.8) is 0 Å². The molecule has 0 bridgehead atoms. The van der Waals surface area contributed by atoms with Gasteiger partial charge in [0.1, 0.15) is 0 Å². The van der Waals surface area contributed by atoms with Crippen LogP contribution < -0.4 is 15.4 Å². The van der Waals surface area contributed by atoms with Crippen molar-refractivity contribution in [2.75, 3.05) is 18.5 Å². The molecule has 3 N–H and O–H groups in total. The molecule has 0 aromatic heterocycles. The number of ether oxygens (including phenoxy) is 1. The minimum Gasteiger partial charge on any atom is -0.373 e. The maximum absolute atomic E-state index is 12.2. The molecule has 1 spiro atoms. The van der Waals surface area contributed by atoms with E-state index in [2.05, 4.69) is 15.4 Å². The Morgan fingerprint density at radius 1 is 1.23 bits per heavy atom. The summed E-state index contributed by atoms with van der Waals surface area (Å²) in [6.07, 6.45) is 6.14. The third kappa shape index (κ3) is 4.55. The summed E-state index contributed by atoms with van der Waals surface area (Å²) in [4.78, 5) is 12.4. The third-order valence-electron chi connectivity index (χ3n) is 5.02. The van der Waals surface area contributed by atoms with Crippen LogP contribution in [0.1, 0.15) is 45.4 Å². The van der Waals surface area contributed by atoms with Gasteiger partial charge in [-0.15, -0.1) is 0 Å². The summed E-state index contributed by atoms with van der Waals surface area (Å²) in [5.41, 5.74) is 0.519. The van der Waals surface area contributed by atoms with E-state index in [0.29, 0.717) is 18.8 Å². The molecule has 26 heavy (non-hydrogen) atoms. The van der Waals surface area contributed by atoms with Gasteiger partial charge in [0.05, 0.1) is 23.1 Å². The second-order valence-corrected chi connectivity index (χ2v) is 8.89. The Hall–Kier alpha value is -1.64. The standard InChI is InChI=1S/C18H27N3O4S/c1-2-11-19-26(23,24)16-7-5-14(6-8-16)20-17(22)21-15-12-18(25-13-15)9-3-4-10-18/h5-8,15,19H,2-4,9-13H2,1H3,(H2,20,21,22)/t15-/m1/s1. The van der Waals surface area contributed by atoms with Crippen LogP contribution in [0.4, 0.5) is 10.5 Å². The number of carbonyl (C=O) groups excluding carboxylic acids is 1. The van der Waals surface area contributed by atoms with Crippen LogP contribution in [0.15, 0.2) is 29.2 Å². The number of urea groups is 1. The van der Waals surface area contributed by atoms with Crippen molar-refractivity contribution in [1.82, 2.24) is 10.0 Å². The van der Waals surface area contributed by atoms with Crippen molar-refractivity contribution in [3.8, 4) is 0 Å². The Bertz CT molecular complexity index is 727. The number of amides is 2. The van der Waals surface area contributed by atoms with E-state index in [0.717, 1.165) is 25.7 Å². The number of anilines is 1. The zero-order valence-corrected chi connectivity index (χ0v) is 15.9. The van der Waals surface area contributed by atoms with Crippen molar-refractivity contribution in [1.29, 1.82) is 0 Å². The van der Waals surface area contributed by atoms with E-state index in [1.165, 1.54) is 25.0 Å². The van der Waals surface area contributed by atoms with Crippen molar-refractivity contribution >= 4 is 21.7 Å². The number of benzene rings is 1. The molecule has 144 valence electrons. The maximum atomic E-state index is 12.2. The SMILES string of the molecule is CCCNS(=O)(=O)c1ccc(NC(=O)N[C@H]2COC3(CCCC3)C2)cc1. The van der Waals surface area contributed by atoms with Crippen LogP contribution in [0, 0.1) is 0 Å². The highest BCUT2D eigenvalue weighted by molar-refractivity contribution is 7.89. The summed E-state index contributed by atoms with van der Waals surface area (Å²) in [7, 11) is -3.49. The molecule has 0 unspecified atom stereocenters. The molecule has 1 atom stereocenters. The monoisotopic (exact) mass is 381 g/mol. The van der Waals surface area contributed by atoms with Crippen molar-refractivity contribution in [2.45, 2.75) is 62.0 Å². The summed E-state index contributed by atoms with van der Waals surface area (Å²) in [6, 6.07) is 5.87. The summed E-state index contributed by atoms with van der Waals surface area (Å²) < 4.78 is 32.6. The Kier molecular flexibility index (Phi) is 5.84. The molecule has 2 amide bonds. The molecule has 1 saturated carbocycles. The molecule has 1 heterocycles. The van der Waals surface area contributed by atoms with Gasteiger partial charge in [0, 0.05) is 12.2 Å². The molecule has 1 aliphatic heterocycles. The van der Waals surface area contributed by atoms with Gasteiger partial charge in [-0.2, -0.15) is 0 Å². The van der Waals surface area contributed by atoms with Gasteiger partial charge in [-0.25, -0.2) is 17.9 Å². The van der Waals surface area contributed by atoms with Crippen LogP contribution >= 0.6 is 0 Å². The molecule has 0 radical (unpaired) electrons. The normalized spacial score (nSPS) is 21.8. The second kappa shape index (κ2) is 7.94. The average molecular weight is 381 g/mol. The smallest absolute Gasteiger partial charge is 0.319 e. The first kappa shape index (κ1) is 19.1. The van der Waals surface area contributed by atoms with Crippen LogP contribution in [0.3, 0.4) is 0 Å². The minimum atomic E-state index is -3.49. The quantitative estimate of drug-likeness (QED) is 0.706. The van der Waals surface area contributed by atoms with Gasteiger partial charge < -0.3 is 15.4 Å². The van der Waals surface area contributed by atoms with Gasteiger partial charge in [-0.1, -0.05) is 19.8 Å². The average Bonchev–Trinajstić information content (AvgIpc) is 3.23. The predicted octanol–water partition coefficient (Wildman–Crippen LogP) is 2.60. The molecule has 1 aromatic rings. The zero-order valence-electron chi connectivity index (χ0n) is 15.1. The molecule has 1 aliphatic carbocycles. The van der Waals surface area contributed by atoms with E-state index in [4.69, 9.17) is 4.74 Å². The van der Waals surface area contributed by atoms with E-state index in [-0.39, 0.29) is 22.6 Å². The fourth-order valence-corrected chi connectivity index (χ4v) is 4.83. The minimum absolute atomic E-state index is 0.0194. The van der Waals surface area contributed by atoms with E-state index >= 15 is 0 Å². The number of hydrogen-bond donors (Lipinski definition) is 3. The summed E-state index contributed by atoms with van der Waals surface area (Å²) in [5, 5.41) is 5.69. The van der Waals surface area contributed by atoms with Crippen LogP contribution in [0.2, 0.25) is 0 Å². The molecular formula is C18H27N3O4S. The first-order valence-corrected chi connectivity index (χ1v) is 10.7. The largest absolute Gasteiger partial charge is 0.373 e. The number of rotatable bonds is 6. The topological polar surface area (TPSA) is 96.5 Å². The molecule has 2 fully saturated rings. The third-order valence-corrected chi connectivity index (χ3v) is 6.50. The van der Waals surface area contributed by atoms with Crippen molar-refractivity contribution in [2.24, 2.45) is 0 Å². The first-order valence-electron chi connectivity index (χ1n) is 9.24. The van der Waals surface area contributed by atoms with Gasteiger partial charge in [0.15, 0.2) is 0 Å². The molecular weight excluding hydrogens is 354 g/mol. The van der Waals surface area contributed by atoms with Gasteiger partial charge in [-0.05, 0) is 49.9 Å². The highest BCUT2D eigenvalue weighted by Gasteiger charge is 2.42. The number of sulfonamides is 1. The molecule has 3 rings (SSSR count). The Labute approximate surface area is 154 Å². The number of hydrogen-bond acceptors (Lipinski definition) is 4. The lowest BCUT2D eigenvalue weighted by Crippen LogP contribution is -2.39. The van der Waals surface area contributed by atoms with E-state index in [1.807, 2.05) is 6.92 Å². The number of nitrogens with one attached hydrogen (secondary N) is 3. The fourth-order valence-electron chi connectivity index (χ4n) is 3.69. The van der Waals surface area contributed by atoms with E-state index < -0.39 is 10.0 Å². The lowest BCUT2D eigenvalue weighted by molar-refractivity contribution is 0.00998.